The van der Waals surface area contributed by atoms with E-state index in [1.54, 1.807) is 0 Å². The molecule has 0 radical (unpaired) electrons. The van der Waals surface area contributed by atoms with E-state index in [-0.39, 0.29) is 35.3 Å². The molecule has 2 heterocycles. The second-order valence-corrected chi connectivity index (χ2v) is 9.65. The monoisotopic (exact) mass is 418 g/mol. The van der Waals surface area contributed by atoms with Crippen molar-refractivity contribution in [2.75, 3.05) is 30.1 Å². The van der Waals surface area contributed by atoms with Crippen molar-refractivity contribution in [3.05, 3.63) is 28.7 Å². The molecule has 0 saturated carbocycles. The Morgan fingerprint density at radius 3 is 2.96 bits per heavy atom. The third-order valence-electron chi connectivity index (χ3n) is 3.64. The number of anilines is 1. The van der Waals surface area contributed by atoms with Crippen LogP contribution in [0.25, 0.3) is 0 Å². The Bertz CT molecular complexity index is 766. The van der Waals surface area contributed by atoms with Crippen molar-refractivity contribution in [3.63, 3.8) is 0 Å². The molecule has 1 amide bonds. The number of hydrogen-bond acceptors (Lipinski definition) is 5. The number of amidine groups is 1. The zero-order valence-electron chi connectivity index (χ0n) is 12.3. The molecule has 0 aliphatic carbocycles. The van der Waals surface area contributed by atoms with Crippen molar-refractivity contribution >= 4 is 54.3 Å². The summed E-state index contributed by atoms with van der Waals surface area (Å²) in [5.74, 6) is -0.184. The molecule has 2 aliphatic rings. The Kier molecular flexibility index (Phi) is 4.82. The fourth-order valence-corrected chi connectivity index (χ4v) is 7.07. The second kappa shape index (κ2) is 6.54. The van der Waals surface area contributed by atoms with Gasteiger partial charge in [0.15, 0.2) is 15.0 Å². The Hall–Kier alpha value is -0.900. The van der Waals surface area contributed by atoms with Crippen molar-refractivity contribution in [2.45, 2.75) is 11.3 Å². The Labute approximate surface area is 147 Å². The number of thioether (sulfide) groups is 1. The molecule has 0 N–H and O–H groups in total. The topological polar surface area (TPSA) is 76.0 Å². The average Bonchev–Trinajstić information content (AvgIpc) is 2.89. The predicted octanol–water partition coefficient (Wildman–Crippen LogP) is 1.70. The number of ether oxygens (including phenoxy) is 1. The summed E-state index contributed by atoms with van der Waals surface area (Å²) in [6.45, 7) is -0.0932. The lowest BCUT2D eigenvalue weighted by Gasteiger charge is -2.24. The minimum absolute atomic E-state index is 0.0780. The number of halogens is 1. The summed E-state index contributed by atoms with van der Waals surface area (Å²) in [6.07, 6.45) is 0. The van der Waals surface area contributed by atoms with Gasteiger partial charge in [0, 0.05) is 22.5 Å². The third-order valence-corrected chi connectivity index (χ3v) is 7.34. The molecule has 1 aromatic rings. The Morgan fingerprint density at radius 2 is 2.26 bits per heavy atom. The van der Waals surface area contributed by atoms with E-state index in [4.69, 9.17) is 4.74 Å². The minimum atomic E-state index is -3.06. The van der Waals surface area contributed by atoms with E-state index in [2.05, 4.69) is 20.9 Å². The number of fused-ring (bicyclic) bond motifs is 1. The summed E-state index contributed by atoms with van der Waals surface area (Å²) in [5.41, 5.74) is 0.820. The van der Waals surface area contributed by atoms with Gasteiger partial charge in [-0.3, -0.25) is 4.79 Å². The number of carbonyl (C=O) groups is 1. The molecular formula is C14H15BrN2O4S2. The quantitative estimate of drug-likeness (QED) is 0.743. The molecule has 0 spiro atoms. The highest BCUT2D eigenvalue weighted by Crippen LogP contribution is 2.41. The van der Waals surface area contributed by atoms with Gasteiger partial charge in [0.05, 0.1) is 17.5 Å². The van der Waals surface area contributed by atoms with Crippen molar-refractivity contribution in [1.82, 2.24) is 0 Å². The number of rotatable bonds is 3. The summed E-state index contributed by atoms with van der Waals surface area (Å²) in [4.78, 5) is 17.8. The highest BCUT2D eigenvalue weighted by atomic mass is 79.9. The van der Waals surface area contributed by atoms with Crippen molar-refractivity contribution < 1.29 is 17.9 Å². The first kappa shape index (κ1) is 16.9. The van der Waals surface area contributed by atoms with Gasteiger partial charge >= 0.3 is 0 Å². The Morgan fingerprint density at radius 1 is 1.48 bits per heavy atom. The van der Waals surface area contributed by atoms with E-state index in [1.165, 1.54) is 18.9 Å². The van der Waals surface area contributed by atoms with Gasteiger partial charge in [-0.1, -0.05) is 33.8 Å². The van der Waals surface area contributed by atoms with Crippen molar-refractivity contribution in [1.29, 1.82) is 0 Å². The molecule has 23 heavy (non-hydrogen) atoms. The first-order chi connectivity index (χ1) is 10.9. The van der Waals surface area contributed by atoms with E-state index in [0.29, 0.717) is 5.17 Å². The van der Waals surface area contributed by atoms with E-state index < -0.39 is 9.84 Å². The van der Waals surface area contributed by atoms with Crippen LogP contribution in [-0.4, -0.2) is 56.0 Å². The normalized spacial score (nSPS) is 27.4. The van der Waals surface area contributed by atoms with Crippen LogP contribution in [0.5, 0.6) is 0 Å². The van der Waals surface area contributed by atoms with Crippen LogP contribution in [0.2, 0.25) is 0 Å². The van der Waals surface area contributed by atoms with E-state index in [9.17, 15) is 13.2 Å². The minimum Gasteiger partial charge on any atom is -0.375 e. The molecule has 0 bridgehead atoms. The number of methoxy groups -OCH3 is 1. The first-order valence-electron chi connectivity index (χ1n) is 6.92. The molecule has 2 saturated heterocycles. The van der Waals surface area contributed by atoms with Crippen LogP contribution in [0.15, 0.2) is 33.7 Å². The maximum Gasteiger partial charge on any atom is 0.274 e. The highest BCUT2D eigenvalue weighted by Gasteiger charge is 2.49. The van der Waals surface area contributed by atoms with Crippen LogP contribution in [-0.2, 0) is 19.4 Å². The van der Waals surface area contributed by atoms with Crippen LogP contribution < -0.4 is 4.90 Å². The van der Waals surface area contributed by atoms with Gasteiger partial charge < -0.3 is 9.64 Å². The molecule has 0 aromatic heterocycles. The smallest absolute Gasteiger partial charge is 0.274 e. The molecule has 3 rings (SSSR count). The zero-order valence-corrected chi connectivity index (χ0v) is 15.5. The summed E-state index contributed by atoms with van der Waals surface area (Å²) in [6, 6.07) is 7.34. The molecule has 6 nitrogen and oxygen atoms in total. The summed E-state index contributed by atoms with van der Waals surface area (Å²) in [5, 5.41) is 0.433. The van der Waals surface area contributed by atoms with Crippen LogP contribution in [0, 0.1) is 0 Å². The molecule has 0 unspecified atom stereocenters. The molecule has 9 heteroatoms. The van der Waals surface area contributed by atoms with Crippen molar-refractivity contribution in [3.8, 4) is 0 Å². The predicted molar refractivity (Wildman–Crippen MR) is 94.8 cm³/mol. The number of nitrogens with zero attached hydrogens (tertiary/aromatic N) is 2. The second-order valence-electron chi connectivity index (χ2n) is 5.37. The number of hydrogen-bond donors (Lipinski definition) is 0. The van der Waals surface area contributed by atoms with Crippen LogP contribution in [0.4, 0.5) is 5.69 Å². The SMILES string of the molecule is COCC(=O)N=C1S[C@H]2CS(=O)(=O)C[C@@H]2N1c1cccc(Br)c1. The maximum atomic E-state index is 11.9. The van der Waals surface area contributed by atoms with Crippen LogP contribution >= 0.6 is 27.7 Å². The van der Waals surface area contributed by atoms with E-state index in [0.717, 1.165) is 10.2 Å². The molecule has 2 fully saturated rings. The number of sulfone groups is 1. The zero-order chi connectivity index (χ0) is 16.6. The number of carbonyl (C=O) groups excluding carboxylic acids is 1. The summed E-state index contributed by atoms with van der Waals surface area (Å²) < 4.78 is 29.6. The number of benzene rings is 1. The largest absolute Gasteiger partial charge is 0.375 e. The lowest BCUT2D eigenvalue weighted by molar-refractivity contribution is -0.121. The van der Waals surface area contributed by atoms with Gasteiger partial charge in [-0.15, -0.1) is 0 Å². The van der Waals surface area contributed by atoms with E-state index >= 15 is 0 Å². The number of amides is 1. The van der Waals surface area contributed by atoms with Crippen molar-refractivity contribution in [2.24, 2.45) is 4.99 Å². The fraction of sp³-hybridized carbons (Fsp3) is 0.429. The third kappa shape index (κ3) is 3.62. The molecule has 124 valence electrons. The van der Waals surface area contributed by atoms with Crippen LogP contribution in [0.3, 0.4) is 0 Å². The van der Waals surface area contributed by atoms with Crippen LogP contribution in [0.1, 0.15) is 0 Å². The molecule has 2 aliphatic heterocycles. The van der Waals surface area contributed by atoms with Gasteiger partial charge in [-0.25, -0.2) is 8.42 Å². The summed E-state index contributed by atoms with van der Waals surface area (Å²) >= 11 is 4.77. The number of aliphatic imine (C=N–C) groups is 1. The molecule has 1 aromatic carbocycles. The van der Waals surface area contributed by atoms with Gasteiger partial charge in [-0.2, -0.15) is 4.99 Å². The summed E-state index contributed by atoms with van der Waals surface area (Å²) in [7, 11) is -1.62. The average molecular weight is 419 g/mol. The first-order valence-corrected chi connectivity index (χ1v) is 10.4. The van der Waals surface area contributed by atoms with E-state index in [1.807, 2.05) is 29.2 Å². The molecular weight excluding hydrogens is 404 g/mol. The van der Waals surface area contributed by atoms with Gasteiger partial charge in [0.25, 0.3) is 5.91 Å². The van der Waals surface area contributed by atoms with Gasteiger partial charge in [-0.05, 0) is 18.2 Å². The lowest BCUT2D eigenvalue weighted by Crippen LogP contribution is -2.37. The molecule has 2 atom stereocenters. The fourth-order valence-electron chi connectivity index (χ4n) is 2.75. The standard InChI is InChI=1S/C14H15BrN2O4S2/c1-21-6-13(18)16-14-17(10-4-2-3-9(15)5-10)11-7-23(19,20)8-12(11)22-14/h2-5,11-12H,6-8H2,1H3/t11-,12-/m0/s1. The van der Waals surface area contributed by atoms with Gasteiger partial charge in [0.1, 0.15) is 6.61 Å². The van der Waals surface area contributed by atoms with Gasteiger partial charge in [0.2, 0.25) is 0 Å². The Balaban J connectivity index is 1.99. The highest BCUT2D eigenvalue weighted by molar-refractivity contribution is 9.10. The maximum absolute atomic E-state index is 11.9. The lowest BCUT2D eigenvalue weighted by atomic mass is 10.2.